The number of amides is 1. The van der Waals surface area contributed by atoms with Gasteiger partial charge in [-0.3, -0.25) is 9.59 Å². The Morgan fingerprint density at radius 3 is 2.53 bits per heavy atom. The van der Waals surface area contributed by atoms with Crippen LogP contribution < -0.4 is 4.90 Å². The average molecular weight is 549 g/mol. The number of ketones is 1. The second-order valence-electron chi connectivity index (χ2n) is 7.55. The summed E-state index contributed by atoms with van der Waals surface area (Å²) in [5, 5.41) is 11.5. The van der Waals surface area contributed by atoms with Crippen LogP contribution in [0, 0.1) is 13.8 Å². The maximum absolute atomic E-state index is 13.5. The number of Topliss-reactive ketones (excluding diaryl/α,β-unsaturated/α-hetero) is 1. The summed E-state index contributed by atoms with van der Waals surface area (Å²) in [7, 11) is 0. The zero-order valence-corrected chi connectivity index (χ0v) is 20.4. The Hall–Kier alpha value is -1.80. The standard InChI is InChI=1S/C23H19Br2NO3S/c1-13-3-4-15(14(2)9-13)12-26-18-6-5-16(24)10-17(18)23(29,22(26)28)11-19(27)20-7-8-21(25)30-20/h3-10,29H,11-12H2,1-2H3. The predicted octanol–water partition coefficient (Wildman–Crippen LogP) is 5.90. The Balaban J connectivity index is 1.72. The molecule has 0 saturated carbocycles. The van der Waals surface area contributed by atoms with Gasteiger partial charge >= 0.3 is 0 Å². The van der Waals surface area contributed by atoms with Gasteiger partial charge in [-0.1, -0.05) is 39.7 Å². The van der Waals surface area contributed by atoms with Crippen LogP contribution in [-0.2, 0) is 16.9 Å². The molecule has 1 N–H and O–H groups in total. The van der Waals surface area contributed by atoms with Gasteiger partial charge in [0.25, 0.3) is 5.91 Å². The summed E-state index contributed by atoms with van der Waals surface area (Å²) in [6.45, 7) is 4.37. The fourth-order valence-corrected chi connectivity index (χ4v) is 5.51. The average Bonchev–Trinajstić information content (AvgIpc) is 3.20. The largest absolute Gasteiger partial charge is 0.375 e. The molecule has 0 bridgehead atoms. The molecule has 1 atom stereocenters. The zero-order chi connectivity index (χ0) is 21.6. The van der Waals surface area contributed by atoms with Gasteiger partial charge in [-0.2, -0.15) is 0 Å². The number of aliphatic hydroxyl groups is 1. The van der Waals surface area contributed by atoms with Crippen LogP contribution in [0.15, 0.2) is 56.8 Å². The molecule has 1 aliphatic heterocycles. The van der Waals surface area contributed by atoms with Crippen LogP contribution in [0.2, 0.25) is 0 Å². The lowest BCUT2D eigenvalue weighted by Crippen LogP contribution is -2.41. The third-order valence-corrected chi connectivity index (χ3v) is 7.54. The lowest BCUT2D eigenvalue weighted by atomic mass is 9.89. The Morgan fingerprint density at radius 2 is 1.87 bits per heavy atom. The van der Waals surface area contributed by atoms with Crippen molar-refractivity contribution in [2.45, 2.75) is 32.4 Å². The van der Waals surface area contributed by atoms with Crippen molar-refractivity contribution in [1.82, 2.24) is 0 Å². The number of benzene rings is 2. The number of carbonyl (C=O) groups excluding carboxylic acids is 2. The lowest BCUT2D eigenvalue weighted by molar-refractivity contribution is -0.136. The van der Waals surface area contributed by atoms with Crippen molar-refractivity contribution in [3.8, 4) is 0 Å². The van der Waals surface area contributed by atoms with Gasteiger partial charge in [-0.15, -0.1) is 11.3 Å². The molecule has 0 saturated heterocycles. The van der Waals surface area contributed by atoms with Gasteiger partial charge in [0.1, 0.15) is 0 Å². The van der Waals surface area contributed by atoms with E-state index in [1.807, 2.05) is 38.1 Å². The number of carbonyl (C=O) groups is 2. The Morgan fingerprint density at radius 1 is 1.10 bits per heavy atom. The van der Waals surface area contributed by atoms with Crippen LogP contribution in [0.25, 0.3) is 0 Å². The molecule has 3 aromatic rings. The summed E-state index contributed by atoms with van der Waals surface area (Å²) in [4.78, 5) is 28.4. The molecule has 0 aliphatic carbocycles. The number of aryl methyl sites for hydroxylation is 2. The molecule has 4 nitrogen and oxygen atoms in total. The number of hydrogen-bond donors (Lipinski definition) is 1. The highest BCUT2D eigenvalue weighted by Crippen LogP contribution is 2.45. The van der Waals surface area contributed by atoms with E-state index in [4.69, 9.17) is 0 Å². The predicted molar refractivity (Wildman–Crippen MR) is 126 cm³/mol. The molecular weight excluding hydrogens is 530 g/mol. The van der Waals surface area contributed by atoms with E-state index in [1.165, 1.54) is 11.3 Å². The molecule has 1 amide bonds. The monoisotopic (exact) mass is 547 g/mol. The van der Waals surface area contributed by atoms with Crippen LogP contribution in [0.5, 0.6) is 0 Å². The van der Waals surface area contributed by atoms with Crippen LogP contribution in [0.4, 0.5) is 5.69 Å². The van der Waals surface area contributed by atoms with Gasteiger partial charge in [-0.25, -0.2) is 0 Å². The summed E-state index contributed by atoms with van der Waals surface area (Å²) < 4.78 is 1.57. The minimum Gasteiger partial charge on any atom is -0.375 e. The molecule has 0 fully saturated rings. The lowest BCUT2D eigenvalue weighted by Gasteiger charge is -2.23. The number of anilines is 1. The number of nitrogens with zero attached hydrogens (tertiary/aromatic N) is 1. The number of halogens is 2. The first-order valence-electron chi connectivity index (χ1n) is 9.38. The maximum atomic E-state index is 13.5. The van der Waals surface area contributed by atoms with Crippen molar-refractivity contribution in [3.63, 3.8) is 0 Å². The molecule has 4 rings (SSSR count). The highest BCUT2D eigenvalue weighted by Gasteiger charge is 2.51. The number of rotatable bonds is 5. The van der Waals surface area contributed by atoms with Gasteiger partial charge in [0.2, 0.25) is 0 Å². The van der Waals surface area contributed by atoms with E-state index in [0.717, 1.165) is 24.9 Å². The molecule has 2 heterocycles. The van der Waals surface area contributed by atoms with E-state index in [9.17, 15) is 14.7 Å². The van der Waals surface area contributed by atoms with Crippen molar-refractivity contribution in [2.75, 3.05) is 4.90 Å². The normalized spacial score (nSPS) is 18.0. The van der Waals surface area contributed by atoms with Crippen molar-refractivity contribution < 1.29 is 14.7 Å². The second-order valence-corrected chi connectivity index (χ2v) is 10.9. The highest BCUT2D eigenvalue weighted by atomic mass is 79.9. The molecule has 154 valence electrons. The molecule has 0 radical (unpaired) electrons. The Bertz CT molecular complexity index is 1170. The fraction of sp³-hybridized carbons (Fsp3) is 0.217. The maximum Gasteiger partial charge on any atom is 0.264 e. The van der Waals surface area contributed by atoms with Crippen LogP contribution in [0.1, 0.15) is 38.3 Å². The summed E-state index contributed by atoms with van der Waals surface area (Å²) in [6.07, 6.45) is -0.300. The molecule has 30 heavy (non-hydrogen) atoms. The van der Waals surface area contributed by atoms with Crippen LogP contribution in [-0.4, -0.2) is 16.8 Å². The summed E-state index contributed by atoms with van der Waals surface area (Å²) in [6, 6.07) is 15.0. The quantitative estimate of drug-likeness (QED) is 0.404. The smallest absolute Gasteiger partial charge is 0.264 e. The summed E-state index contributed by atoms with van der Waals surface area (Å²) in [5.74, 6) is -0.736. The van der Waals surface area contributed by atoms with Crippen molar-refractivity contribution in [2.24, 2.45) is 0 Å². The zero-order valence-electron chi connectivity index (χ0n) is 16.4. The molecular formula is C23H19Br2NO3S. The fourth-order valence-electron chi connectivity index (χ4n) is 3.83. The number of fused-ring (bicyclic) bond motifs is 1. The molecule has 1 aromatic heterocycles. The first kappa shape index (κ1) is 21.4. The molecule has 7 heteroatoms. The SMILES string of the molecule is Cc1ccc(CN2C(=O)C(O)(CC(=O)c3ccc(Br)s3)c3cc(Br)ccc32)c(C)c1. The summed E-state index contributed by atoms with van der Waals surface area (Å²) >= 11 is 8.07. The van der Waals surface area contributed by atoms with Crippen molar-refractivity contribution in [1.29, 1.82) is 0 Å². The molecule has 1 aliphatic rings. The minimum absolute atomic E-state index is 0.263. The number of thiophene rings is 1. The first-order valence-corrected chi connectivity index (χ1v) is 11.8. The van der Waals surface area contributed by atoms with E-state index in [-0.39, 0.29) is 12.2 Å². The topological polar surface area (TPSA) is 57.6 Å². The van der Waals surface area contributed by atoms with Gasteiger partial charge < -0.3 is 10.0 Å². The van der Waals surface area contributed by atoms with E-state index in [1.54, 1.807) is 23.1 Å². The molecule has 0 spiro atoms. The van der Waals surface area contributed by atoms with Crippen LogP contribution >= 0.6 is 43.2 Å². The molecule has 2 aromatic carbocycles. The highest BCUT2D eigenvalue weighted by molar-refractivity contribution is 9.11. The van der Waals surface area contributed by atoms with Gasteiger partial charge in [-0.05, 0) is 71.2 Å². The Kier molecular flexibility index (Phi) is 5.74. The van der Waals surface area contributed by atoms with E-state index < -0.39 is 11.5 Å². The third kappa shape index (κ3) is 3.80. The van der Waals surface area contributed by atoms with Gasteiger partial charge in [0.15, 0.2) is 11.4 Å². The van der Waals surface area contributed by atoms with Crippen molar-refractivity contribution in [3.05, 3.63) is 83.9 Å². The second kappa shape index (κ2) is 8.04. The molecule has 1 unspecified atom stereocenters. The van der Waals surface area contributed by atoms with Crippen molar-refractivity contribution >= 4 is 60.6 Å². The third-order valence-electron chi connectivity index (χ3n) is 5.38. The minimum atomic E-state index is -1.90. The van der Waals surface area contributed by atoms with E-state index in [0.29, 0.717) is 22.7 Å². The first-order chi connectivity index (χ1) is 14.2. The number of hydrogen-bond acceptors (Lipinski definition) is 4. The Labute approximate surface area is 195 Å². The summed E-state index contributed by atoms with van der Waals surface area (Å²) in [5.41, 5.74) is 2.42. The van der Waals surface area contributed by atoms with E-state index >= 15 is 0 Å². The van der Waals surface area contributed by atoms with Gasteiger partial charge in [0.05, 0.1) is 27.3 Å². The van der Waals surface area contributed by atoms with Crippen LogP contribution in [0.3, 0.4) is 0 Å². The van der Waals surface area contributed by atoms with E-state index in [2.05, 4.69) is 37.9 Å². The van der Waals surface area contributed by atoms with Gasteiger partial charge in [0, 0.05) is 10.0 Å².